The van der Waals surface area contributed by atoms with E-state index in [0.717, 1.165) is 22.2 Å². The number of piperidine rings is 1. The molecule has 0 spiro atoms. The van der Waals surface area contributed by atoms with Gasteiger partial charge >= 0.3 is 6.09 Å². The van der Waals surface area contributed by atoms with Gasteiger partial charge in [-0.15, -0.1) is 11.3 Å². The van der Waals surface area contributed by atoms with Crippen LogP contribution in [0.4, 0.5) is 14.9 Å². The molecule has 5 atom stereocenters. The van der Waals surface area contributed by atoms with Crippen LogP contribution in [0.3, 0.4) is 0 Å². The van der Waals surface area contributed by atoms with E-state index in [1.807, 2.05) is 17.5 Å². The normalized spacial score (nSPS) is 29.8. The maximum Gasteiger partial charge on any atom is 0.411 e. The number of carbonyl (C=O) groups excluding carboxylic acids is 2. The van der Waals surface area contributed by atoms with Gasteiger partial charge < -0.3 is 23.9 Å². The minimum atomic E-state index is -0.500. The zero-order chi connectivity index (χ0) is 21.5. The van der Waals surface area contributed by atoms with Gasteiger partial charge in [-0.1, -0.05) is 6.07 Å². The highest BCUT2D eigenvalue weighted by molar-refractivity contribution is 7.13. The molecule has 2 aromatic rings. The molecule has 0 saturated carbocycles. The third-order valence-corrected chi connectivity index (χ3v) is 7.22. The minimum Gasteiger partial charge on any atom is -0.554 e. The van der Waals surface area contributed by atoms with Crippen LogP contribution in [0.2, 0.25) is 0 Å². The van der Waals surface area contributed by atoms with Crippen molar-refractivity contribution in [1.29, 1.82) is 0 Å². The molecule has 3 fully saturated rings. The number of anilines is 1. The van der Waals surface area contributed by atoms with E-state index < -0.39 is 12.6 Å². The molecule has 2 bridgehead atoms. The molecule has 1 aromatic heterocycles. The molecule has 1 N–H and O–H groups in total. The molecule has 0 aliphatic carbocycles. The molecule has 3 saturated heterocycles. The lowest BCUT2D eigenvalue weighted by Crippen LogP contribution is -2.60. The fourth-order valence-electron chi connectivity index (χ4n) is 4.85. The summed E-state index contributed by atoms with van der Waals surface area (Å²) in [5, 5.41) is 13.0. The molecule has 3 aliphatic rings. The van der Waals surface area contributed by atoms with Crippen molar-refractivity contribution in [3.8, 4) is 10.4 Å². The maximum atomic E-state index is 13.7. The number of hydrogen-bond donors (Lipinski definition) is 1. The van der Waals surface area contributed by atoms with Crippen molar-refractivity contribution in [1.82, 2.24) is 0 Å². The number of fused-ring (bicyclic) bond motifs is 5. The molecule has 4 heterocycles. The summed E-state index contributed by atoms with van der Waals surface area (Å²) < 4.78 is 26.2. The summed E-state index contributed by atoms with van der Waals surface area (Å²) in [5.41, 5.74) is 1.23. The van der Waals surface area contributed by atoms with Gasteiger partial charge in [-0.25, -0.2) is 9.18 Å². The Morgan fingerprint density at radius 3 is 2.57 bits per heavy atom. The quantitative estimate of drug-likeness (QED) is 0.455. The van der Waals surface area contributed by atoms with Crippen LogP contribution in [0.5, 0.6) is 0 Å². The van der Waals surface area contributed by atoms with Crippen LogP contribution in [-0.4, -0.2) is 61.5 Å². The molecule has 1 aromatic carbocycles. The number of nitrogens with one attached hydrogen (secondary N) is 1. The summed E-state index contributed by atoms with van der Waals surface area (Å²) in [7, 11) is 4.49. The van der Waals surface area contributed by atoms with E-state index >= 15 is 0 Å². The van der Waals surface area contributed by atoms with Crippen molar-refractivity contribution in [2.75, 3.05) is 19.4 Å². The molecule has 5 rings (SSSR count). The number of carboxylic acid groups (broad SMARTS) is 1. The van der Waals surface area contributed by atoms with Gasteiger partial charge in [-0.05, 0) is 29.6 Å². The average molecular weight is 434 g/mol. The predicted molar refractivity (Wildman–Crippen MR) is 107 cm³/mol. The average Bonchev–Trinajstić information content (AvgIpc) is 3.24. The summed E-state index contributed by atoms with van der Waals surface area (Å²) in [5.74, 6) is -0.333. The highest BCUT2D eigenvalue weighted by atomic mass is 32.1. The Kier molecular flexibility index (Phi) is 5.52. The number of benzene rings is 1. The number of nitrogens with zero attached hydrogens (tertiary/aromatic N) is 1. The second kappa shape index (κ2) is 7.98. The standard InChI is InChI=1S/C20H21FN2O3S.CH2O2/c1-23(2)15-9-12(10-16(23)19-18(15)26-19)25-20(24)22-14-6-5-11(21)8-13(14)17-4-3-7-27-17;2-1-3/h3-8,12,15-16,18-19H,9-10H2,1-2H3;1H,(H,2,3)/t12-,15-,16+,18-,19+;. The van der Waals surface area contributed by atoms with Crippen LogP contribution in [-0.2, 0) is 14.3 Å². The number of thiophene rings is 1. The molecular formula is C21H23FN2O5S. The first kappa shape index (κ1) is 20.8. The number of carbonyl (C=O) groups is 2. The highest BCUT2D eigenvalue weighted by Gasteiger charge is 2.70. The maximum absolute atomic E-state index is 13.7. The zero-order valence-electron chi connectivity index (χ0n) is 16.6. The number of halogens is 1. The summed E-state index contributed by atoms with van der Waals surface area (Å²) in [4.78, 5) is 21.7. The topological polar surface area (TPSA) is 91.0 Å². The third kappa shape index (κ3) is 3.80. The van der Waals surface area contributed by atoms with E-state index in [1.165, 1.54) is 23.5 Å². The van der Waals surface area contributed by atoms with Crippen molar-refractivity contribution in [3.63, 3.8) is 0 Å². The van der Waals surface area contributed by atoms with Crippen LogP contribution < -0.4 is 10.4 Å². The second-order valence-electron chi connectivity index (χ2n) is 8.22. The number of morpholine rings is 1. The summed E-state index contributed by atoms with van der Waals surface area (Å²) in [6, 6.07) is 8.95. The monoisotopic (exact) mass is 434 g/mol. The lowest BCUT2D eigenvalue weighted by atomic mass is 9.96. The summed E-state index contributed by atoms with van der Waals surface area (Å²) in [6.07, 6.45) is 1.70. The van der Waals surface area contributed by atoms with Crippen LogP contribution in [0.1, 0.15) is 12.8 Å². The molecule has 3 aliphatic heterocycles. The van der Waals surface area contributed by atoms with Gasteiger partial charge in [0.1, 0.15) is 36.2 Å². The van der Waals surface area contributed by atoms with Crippen molar-refractivity contribution >= 4 is 29.6 Å². The zero-order valence-corrected chi connectivity index (χ0v) is 17.4. The van der Waals surface area contributed by atoms with Crippen LogP contribution in [0.25, 0.3) is 10.4 Å². The first-order valence-electron chi connectivity index (χ1n) is 9.70. The number of hydrogen-bond acceptors (Lipinski definition) is 6. The van der Waals surface area contributed by atoms with Crippen molar-refractivity contribution in [2.45, 2.75) is 43.2 Å². The number of quaternary nitrogens is 1. The van der Waals surface area contributed by atoms with Crippen molar-refractivity contribution < 1.29 is 33.0 Å². The van der Waals surface area contributed by atoms with Gasteiger partial charge in [0.2, 0.25) is 0 Å². The van der Waals surface area contributed by atoms with Gasteiger partial charge in [0.05, 0.1) is 19.8 Å². The van der Waals surface area contributed by atoms with E-state index in [9.17, 15) is 9.18 Å². The number of ether oxygens (including phenoxy) is 2. The van der Waals surface area contributed by atoms with E-state index in [4.69, 9.17) is 19.4 Å². The molecule has 0 radical (unpaired) electrons. The molecule has 30 heavy (non-hydrogen) atoms. The first-order valence-corrected chi connectivity index (χ1v) is 10.6. The van der Waals surface area contributed by atoms with Gasteiger partial charge in [0.15, 0.2) is 0 Å². The van der Waals surface area contributed by atoms with E-state index in [2.05, 4.69) is 19.4 Å². The van der Waals surface area contributed by atoms with Crippen LogP contribution in [0.15, 0.2) is 35.7 Å². The Morgan fingerprint density at radius 2 is 1.97 bits per heavy atom. The Balaban J connectivity index is 0.000000687. The molecule has 7 nitrogen and oxygen atoms in total. The summed E-state index contributed by atoms with van der Waals surface area (Å²) >= 11 is 1.50. The van der Waals surface area contributed by atoms with E-state index in [-0.39, 0.29) is 11.9 Å². The smallest absolute Gasteiger partial charge is 0.411 e. The SMILES string of the molecule is C[N+]1(C)[C@@H]2C[C@@H](OC(=O)Nc3ccc(F)cc3-c3cccs3)C[C@H]1[C@@H]1O[C@@H]12.O=C[O-]. The lowest BCUT2D eigenvalue weighted by Gasteiger charge is -2.45. The third-order valence-electron chi connectivity index (χ3n) is 6.32. The van der Waals surface area contributed by atoms with Gasteiger partial charge in [0, 0.05) is 29.8 Å². The molecule has 0 unspecified atom stereocenters. The van der Waals surface area contributed by atoms with Crippen LogP contribution >= 0.6 is 11.3 Å². The van der Waals surface area contributed by atoms with Gasteiger partial charge in [0.25, 0.3) is 0 Å². The largest absolute Gasteiger partial charge is 0.554 e. The molecule has 160 valence electrons. The van der Waals surface area contributed by atoms with Crippen molar-refractivity contribution in [3.05, 3.63) is 41.5 Å². The minimum absolute atomic E-state index is 0.104. The number of amides is 1. The Bertz CT molecular complexity index is 915. The Labute approximate surface area is 177 Å². The first-order chi connectivity index (χ1) is 14.3. The van der Waals surface area contributed by atoms with Gasteiger partial charge in [-0.2, -0.15) is 0 Å². The summed E-state index contributed by atoms with van der Waals surface area (Å²) in [6.45, 7) is -0.500. The predicted octanol–water partition coefficient (Wildman–Crippen LogP) is 2.23. The molecule has 9 heteroatoms. The Morgan fingerprint density at radius 1 is 1.30 bits per heavy atom. The highest BCUT2D eigenvalue weighted by Crippen LogP contribution is 2.51. The second-order valence-corrected chi connectivity index (χ2v) is 9.16. The van der Waals surface area contributed by atoms with E-state index in [0.29, 0.717) is 35.5 Å². The van der Waals surface area contributed by atoms with Crippen LogP contribution in [0, 0.1) is 5.82 Å². The van der Waals surface area contributed by atoms with E-state index in [1.54, 1.807) is 6.07 Å². The molecular weight excluding hydrogens is 411 g/mol. The van der Waals surface area contributed by atoms with Crippen molar-refractivity contribution in [2.24, 2.45) is 0 Å². The fraction of sp³-hybridized carbons (Fsp3) is 0.429. The lowest BCUT2D eigenvalue weighted by molar-refractivity contribution is -0.938. The Hall–Kier alpha value is -2.49. The fourth-order valence-corrected chi connectivity index (χ4v) is 5.61. The number of epoxide rings is 1. The number of rotatable bonds is 3. The number of likely N-dealkylation sites (N-methyl/N-ethyl adjacent to an activating group) is 1. The molecule has 1 amide bonds. The van der Waals surface area contributed by atoms with Gasteiger partial charge in [-0.3, -0.25) is 5.32 Å².